The molecule has 1 unspecified atom stereocenters. The molecule has 0 saturated carbocycles. The van der Waals surface area contributed by atoms with Crippen LogP contribution in [0.2, 0.25) is 0 Å². The predicted octanol–water partition coefficient (Wildman–Crippen LogP) is 4.10. The van der Waals surface area contributed by atoms with Crippen LogP contribution in [0.1, 0.15) is 30.3 Å². The number of ether oxygens (including phenoxy) is 1. The van der Waals surface area contributed by atoms with Crippen LogP contribution in [0.15, 0.2) is 39.4 Å². The first kappa shape index (κ1) is 20.6. The van der Waals surface area contributed by atoms with E-state index < -0.39 is 0 Å². The van der Waals surface area contributed by atoms with Gasteiger partial charge in [0.2, 0.25) is 5.91 Å². The number of benzene rings is 1. The van der Waals surface area contributed by atoms with Crippen molar-refractivity contribution >= 4 is 61.0 Å². The molecule has 2 aromatic rings. The largest absolute Gasteiger partial charge is 0.466 e. The van der Waals surface area contributed by atoms with Gasteiger partial charge in [0, 0.05) is 24.3 Å². The first-order chi connectivity index (χ1) is 13.4. The number of aromatic amines is 1. The zero-order valence-corrected chi connectivity index (χ0v) is 18.3. The molecule has 1 aromatic heterocycles. The van der Waals surface area contributed by atoms with Gasteiger partial charge in [-0.3, -0.25) is 14.4 Å². The smallest absolute Gasteiger partial charge is 0.309 e. The quantitative estimate of drug-likeness (QED) is 0.590. The van der Waals surface area contributed by atoms with Crippen molar-refractivity contribution in [3.8, 4) is 0 Å². The number of halogens is 2. The van der Waals surface area contributed by atoms with Gasteiger partial charge in [-0.15, -0.1) is 0 Å². The summed E-state index contributed by atoms with van der Waals surface area (Å²) in [5.41, 5.74) is 1.76. The van der Waals surface area contributed by atoms with Crippen LogP contribution in [-0.4, -0.2) is 35.9 Å². The van der Waals surface area contributed by atoms with Gasteiger partial charge in [0.25, 0.3) is 5.91 Å². The number of hydrogen-bond acceptors (Lipinski definition) is 4. The zero-order chi connectivity index (χ0) is 20.3. The summed E-state index contributed by atoms with van der Waals surface area (Å²) in [6.07, 6.45) is 0.716. The number of amides is 2. The van der Waals surface area contributed by atoms with Crippen LogP contribution in [0.3, 0.4) is 0 Å². The Kier molecular flexibility index (Phi) is 6.56. The highest BCUT2D eigenvalue weighted by Crippen LogP contribution is 2.27. The Hall–Kier alpha value is -2.13. The molecule has 9 heteroatoms. The Morgan fingerprint density at radius 2 is 2.00 bits per heavy atom. The van der Waals surface area contributed by atoms with Gasteiger partial charge in [0.1, 0.15) is 5.69 Å². The molecule has 0 aliphatic carbocycles. The Morgan fingerprint density at radius 3 is 2.57 bits per heavy atom. The number of carbonyl (C=O) groups excluding carboxylic acids is 3. The molecule has 1 atom stereocenters. The van der Waals surface area contributed by atoms with Crippen molar-refractivity contribution in [2.45, 2.75) is 19.8 Å². The van der Waals surface area contributed by atoms with Gasteiger partial charge in [0.15, 0.2) is 0 Å². The minimum atomic E-state index is -0.373. The molecule has 7 nitrogen and oxygen atoms in total. The molecule has 28 heavy (non-hydrogen) atoms. The van der Waals surface area contributed by atoms with Crippen LogP contribution in [0.25, 0.3) is 0 Å². The van der Waals surface area contributed by atoms with E-state index in [-0.39, 0.29) is 30.1 Å². The highest BCUT2D eigenvalue weighted by molar-refractivity contribution is 9.13. The van der Waals surface area contributed by atoms with Gasteiger partial charge < -0.3 is 19.9 Å². The summed E-state index contributed by atoms with van der Waals surface area (Å²) in [7, 11) is 0. The number of H-pyrrole nitrogens is 1. The van der Waals surface area contributed by atoms with E-state index in [9.17, 15) is 14.4 Å². The van der Waals surface area contributed by atoms with E-state index in [0.717, 1.165) is 10.2 Å². The second kappa shape index (κ2) is 8.91. The molecule has 3 rings (SSSR count). The van der Waals surface area contributed by atoms with E-state index >= 15 is 0 Å². The zero-order valence-electron chi connectivity index (χ0n) is 15.1. The van der Waals surface area contributed by atoms with Crippen molar-refractivity contribution in [2.24, 2.45) is 5.92 Å². The Labute approximate surface area is 179 Å². The monoisotopic (exact) mass is 511 g/mol. The Morgan fingerprint density at radius 1 is 1.29 bits per heavy atom. The van der Waals surface area contributed by atoms with Gasteiger partial charge in [-0.2, -0.15) is 0 Å². The molecule has 148 valence electrons. The van der Waals surface area contributed by atoms with Gasteiger partial charge in [-0.25, -0.2) is 0 Å². The fourth-order valence-corrected chi connectivity index (χ4v) is 3.67. The van der Waals surface area contributed by atoms with E-state index in [0.29, 0.717) is 35.6 Å². The summed E-state index contributed by atoms with van der Waals surface area (Å²) in [5.74, 6) is -1.06. The summed E-state index contributed by atoms with van der Waals surface area (Å²) >= 11 is 6.63. The number of piperidine rings is 1. The Balaban J connectivity index is 1.62. The van der Waals surface area contributed by atoms with Crippen molar-refractivity contribution in [2.75, 3.05) is 23.4 Å². The van der Waals surface area contributed by atoms with Crippen molar-refractivity contribution in [3.63, 3.8) is 0 Å². The number of rotatable bonds is 5. The highest BCUT2D eigenvalue weighted by atomic mass is 79.9. The second-order valence-corrected chi connectivity index (χ2v) is 7.98. The van der Waals surface area contributed by atoms with Crippen molar-refractivity contribution in [1.29, 1.82) is 0 Å². The van der Waals surface area contributed by atoms with Crippen LogP contribution in [0, 0.1) is 5.92 Å². The summed E-state index contributed by atoms with van der Waals surface area (Å²) in [5, 5.41) is 2.80. The molecule has 1 fully saturated rings. The highest BCUT2D eigenvalue weighted by Gasteiger charge is 2.32. The molecule has 0 radical (unpaired) electrons. The normalized spacial score (nSPS) is 16.8. The number of esters is 1. The number of anilines is 2. The lowest BCUT2D eigenvalue weighted by atomic mass is 9.96. The van der Waals surface area contributed by atoms with E-state index in [1.807, 2.05) is 0 Å². The lowest BCUT2D eigenvalue weighted by Gasteiger charge is -2.30. The van der Waals surface area contributed by atoms with Crippen LogP contribution in [-0.2, 0) is 14.3 Å². The van der Waals surface area contributed by atoms with Gasteiger partial charge in [-0.05, 0) is 75.5 Å². The number of nitrogens with zero attached hydrogens (tertiary/aromatic N) is 1. The molecular weight excluding hydrogens is 494 g/mol. The first-order valence-corrected chi connectivity index (χ1v) is 10.4. The number of nitrogens with one attached hydrogen (secondary N) is 2. The molecular formula is C19H19Br2N3O4. The molecule has 0 spiro atoms. The maximum atomic E-state index is 12.4. The third-order valence-electron chi connectivity index (χ3n) is 4.45. The predicted molar refractivity (Wildman–Crippen MR) is 112 cm³/mol. The molecule has 2 heterocycles. The van der Waals surface area contributed by atoms with Crippen LogP contribution in [0.4, 0.5) is 11.4 Å². The summed E-state index contributed by atoms with van der Waals surface area (Å²) in [6, 6.07) is 8.72. The summed E-state index contributed by atoms with van der Waals surface area (Å²) in [4.78, 5) is 41.1. The lowest BCUT2D eigenvalue weighted by Crippen LogP contribution is -2.41. The molecule has 1 aliphatic rings. The van der Waals surface area contributed by atoms with Gasteiger partial charge in [-0.1, -0.05) is 0 Å². The third kappa shape index (κ3) is 4.64. The molecule has 2 amide bonds. The summed E-state index contributed by atoms with van der Waals surface area (Å²) in [6.45, 7) is 2.53. The Bertz CT molecular complexity index is 876. The van der Waals surface area contributed by atoms with Gasteiger partial charge in [0.05, 0.1) is 21.6 Å². The molecule has 1 aliphatic heterocycles. The van der Waals surface area contributed by atoms with Crippen molar-refractivity contribution in [3.05, 3.63) is 45.1 Å². The molecule has 1 aromatic carbocycles. The number of aromatic nitrogens is 1. The lowest BCUT2D eigenvalue weighted by molar-refractivity contribution is -0.150. The number of hydrogen-bond donors (Lipinski definition) is 2. The van der Waals surface area contributed by atoms with Crippen LogP contribution >= 0.6 is 31.9 Å². The van der Waals surface area contributed by atoms with Gasteiger partial charge >= 0.3 is 5.97 Å². The SMILES string of the molecule is CCOC(=O)C1CCN(c2ccc(NC(=O)c3cc(Br)c(Br)[nH]3)cc2)C(=O)C1. The molecule has 1 saturated heterocycles. The fourth-order valence-electron chi connectivity index (χ4n) is 3.02. The topological polar surface area (TPSA) is 91.5 Å². The average Bonchev–Trinajstić information content (AvgIpc) is 3.01. The first-order valence-electron chi connectivity index (χ1n) is 8.81. The molecule has 2 N–H and O–H groups in total. The van der Waals surface area contributed by atoms with Crippen molar-refractivity contribution < 1.29 is 19.1 Å². The standard InChI is InChI=1S/C19H19Br2N3O4/c1-2-28-19(27)11-7-8-24(16(25)9-11)13-5-3-12(4-6-13)22-18(26)15-10-14(20)17(21)23-15/h3-6,10-11,23H,2,7-9H2,1H3,(H,22,26). The minimum absolute atomic E-state index is 0.109. The molecule has 0 bridgehead atoms. The van der Waals surface area contributed by atoms with E-state index in [4.69, 9.17) is 4.74 Å². The third-order valence-corrected chi connectivity index (χ3v) is 6.23. The second-order valence-electron chi connectivity index (χ2n) is 6.33. The van der Waals surface area contributed by atoms with Crippen LogP contribution < -0.4 is 10.2 Å². The van der Waals surface area contributed by atoms with E-state index in [2.05, 4.69) is 42.2 Å². The fraction of sp³-hybridized carbons (Fsp3) is 0.316. The maximum absolute atomic E-state index is 12.4. The van der Waals surface area contributed by atoms with E-state index in [1.54, 1.807) is 42.2 Å². The van der Waals surface area contributed by atoms with Crippen molar-refractivity contribution in [1.82, 2.24) is 4.98 Å². The maximum Gasteiger partial charge on any atom is 0.309 e. The minimum Gasteiger partial charge on any atom is -0.466 e. The number of carbonyl (C=O) groups is 3. The summed E-state index contributed by atoms with van der Waals surface area (Å²) < 4.78 is 6.46. The van der Waals surface area contributed by atoms with Crippen LogP contribution in [0.5, 0.6) is 0 Å². The average molecular weight is 513 g/mol. The van der Waals surface area contributed by atoms with E-state index in [1.165, 1.54) is 0 Å².